The first-order valence-electron chi connectivity index (χ1n) is 9.92. The van der Waals surface area contributed by atoms with Crippen LogP contribution in [0.5, 0.6) is 0 Å². The molecule has 0 saturated carbocycles. The summed E-state index contributed by atoms with van der Waals surface area (Å²) in [6.07, 6.45) is 4.79. The van der Waals surface area contributed by atoms with Gasteiger partial charge in [-0.15, -0.1) is 5.10 Å². The fourth-order valence-electron chi connectivity index (χ4n) is 4.11. The van der Waals surface area contributed by atoms with E-state index in [1.807, 2.05) is 60.0 Å². The minimum absolute atomic E-state index is 0.102. The van der Waals surface area contributed by atoms with Crippen LogP contribution in [0.2, 0.25) is 0 Å². The Morgan fingerprint density at radius 3 is 2.70 bits per heavy atom. The molecule has 0 radical (unpaired) electrons. The highest BCUT2D eigenvalue weighted by Crippen LogP contribution is 2.38. The van der Waals surface area contributed by atoms with Gasteiger partial charge in [0.05, 0.1) is 35.3 Å². The fraction of sp³-hybridized carbons (Fsp3) is 0.217. The van der Waals surface area contributed by atoms with Gasteiger partial charge in [0.1, 0.15) is 0 Å². The second-order valence-electron chi connectivity index (χ2n) is 7.63. The summed E-state index contributed by atoms with van der Waals surface area (Å²) in [6, 6.07) is 16.4. The van der Waals surface area contributed by atoms with E-state index in [2.05, 4.69) is 45.0 Å². The van der Waals surface area contributed by atoms with E-state index in [4.69, 9.17) is 5.26 Å². The maximum absolute atomic E-state index is 9.07. The first-order valence-corrected chi connectivity index (χ1v) is 9.92. The van der Waals surface area contributed by atoms with Gasteiger partial charge in [0.25, 0.3) is 0 Å². The standard InChI is InChI=1S/C23H21N7/c1-15-23-20-8-5-17(18-13-25-29(2)14-18)11-21(20)22(9-10-30(23)28-27-15)26-19-6-3-16(12-24)4-7-19/h3-8,11,13-14,22,26H,9-10H2,1-2H3. The van der Waals surface area contributed by atoms with E-state index in [0.29, 0.717) is 5.56 Å². The van der Waals surface area contributed by atoms with Crippen molar-refractivity contribution in [3.8, 4) is 28.5 Å². The lowest BCUT2D eigenvalue weighted by Crippen LogP contribution is -2.12. The molecule has 0 amide bonds. The molecule has 3 heterocycles. The molecular formula is C23H21N7. The van der Waals surface area contributed by atoms with Crippen molar-refractivity contribution in [2.45, 2.75) is 25.9 Å². The predicted octanol–water partition coefficient (Wildman–Crippen LogP) is 4.08. The van der Waals surface area contributed by atoms with E-state index in [-0.39, 0.29) is 6.04 Å². The molecule has 148 valence electrons. The molecule has 30 heavy (non-hydrogen) atoms. The van der Waals surface area contributed by atoms with Gasteiger partial charge in [-0.25, -0.2) is 4.68 Å². The Kier molecular flexibility index (Phi) is 4.32. The lowest BCUT2D eigenvalue weighted by molar-refractivity contribution is 0.539. The van der Waals surface area contributed by atoms with E-state index < -0.39 is 0 Å². The zero-order valence-corrected chi connectivity index (χ0v) is 16.9. The van der Waals surface area contributed by atoms with Crippen LogP contribution in [0.3, 0.4) is 0 Å². The van der Waals surface area contributed by atoms with Crippen molar-refractivity contribution >= 4 is 5.69 Å². The van der Waals surface area contributed by atoms with Crippen molar-refractivity contribution in [2.75, 3.05) is 5.32 Å². The molecule has 0 aliphatic carbocycles. The molecule has 0 fully saturated rings. The van der Waals surface area contributed by atoms with Crippen LogP contribution in [-0.4, -0.2) is 24.8 Å². The Morgan fingerprint density at radius 1 is 1.13 bits per heavy atom. The number of hydrogen-bond donors (Lipinski definition) is 1. The number of nitriles is 1. The highest BCUT2D eigenvalue weighted by molar-refractivity contribution is 5.74. The molecule has 1 aliphatic heterocycles. The van der Waals surface area contributed by atoms with Crippen LogP contribution in [0.4, 0.5) is 5.69 Å². The van der Waals surface area contributed by atoms with Crippen molar-refractivity contribution in [3.63, 3.8) is 0 Å². The highest BCUT2D eigenvalue weighted by atomic mass is 15.4. The molecule has 0 bridgehead atoms. The quantitative estimate of drug-likeness (QED) is 0.565. The van der Waals surface area contributed by atoms with Crippen LogP contribution in [0.25, 0.3) is 22.4 Å². The number of aromatic nitrogens is 5. The molecule has 1 aliphatic rings. The zero-order chi connectivity index (χ0) is 20.7. The molecule has 4 aromatic rings. The second-order valence-corrected chi connectivity index (χ2v) is 7.63. The Morgan fingerprint density at radius 2 is 1.97 bits per heavy atom. The minimum Gasteiger partial charge on any atom is -0.378 e. The van der Waals surface area contributed by atoms with Crippen LogP contribution in [0.15, 0.2) is 54.9 Å². The summed E-state index contributed by atoms with van der Waals surface area (Å²) in [5, 5.41) is 25.7. The number of nitrogens with zero attached hydrogens (tertiary/aromatic N) is 6. The van der Waals surface area contributed by atoms with Gasteiger partial charge in [0, 0.05) is 36.6 Å². The summed E-state index contributed by atoms with van der Waals surface area (Å²) < 4.78 is 3.81. The molecular weight excluding hydrogens is 374 g/mol. The van der Waals surface area contributed by atoms with E-state index in [9.17, 15) is 0 Å². The van der Waals surface area contributed by atoms with Crippen molar-refractivity contribution in [2.24, 2.45) is 7.05 Å². The van der Waals surface area contributed by atoms with Gasteiger partial charge in [-0.1, -0.05) is 17.3 Å². The predicted molar refractivity (Wildman–Crippen MR) is 115 cm³/mol. The smallest absolute Gasteiger partial charge is 0.0991 e. The lowest BCUT2D eigenvalue weighted by Gasteiger charge is -2.21. The van der Waals surface area contributed by atoms with Gasteiger partial charge in [-0.3, -0.25) is 4.68 Å². The summed E-state index contributed by atoms with van der Waals surface area (Å²) in [6.45, 7) is 2.78. The average Bonchev–Trinajstić information content (AvgIpc) is 3.32. The third-order valence-electron chi connectivity index (χ3n) is 5.61. The Balaban J connectivity index is 1.60. The number of aryl methyl sites for hydroxylation is 3. The minimum atomic E-state index is 0.102. The van der Waals surface area contributed by atoms with Crippen LogP contribution in [-0.2, 0) is 13.6 Å². The van der Waals surface area contributed by atoms with Crippen molar-refractivity contribution in [1.29, 1.82) is 5.26 Å². The van der Waals surface area contributed by atoms with E-state index in [1.165, 1.54) is 5.56 Å². The van der Waals surface area contributed by atoms with E-state index >= 15 is 0 Å². The third-order valence-corrected chi connectivity index (χ3v) is 5.61. The van der Waals surface area contributed by atoms with Gasteiger partial charge in [0.15, 0.2) is 0 Å². The molecule has 1 unspecified atom stereocenters. The number of hydrogen-bond acceptors (Lipinski definition) is 5. The molecule has 2 aromatic carbocycles. The van der Waals surface area contributed by atoms with Gasteiger partial charge < -0.3 is 5.32 Å². The molecule has 5 rings (SSSR count). The van der Waals surface area contributed by atoms with Gasteiger partial charge in [-0.05, 0) is 54.8 Å². The first kappa shape index (κ1) is 18.1. The zero-order valence-electron chi connectivity index (χ0n) is 16.9. The SMILES string of the molecule is Cc1nnn2c1-c1ccc(-c3cnn(C)c3)cc1C(Nc1ccc(C#N)cc1)CC2. The van der Waals surface area contributed by atoms with Gasteiger partial charge in [-0.2, -0.15) is 10.4 Å². The average molecular weight is 395 g/mol. The van der Waals surface area contributed by atoms with Crippen molar-refractivity contribution < 1.29 is 0 Å². The maximum Gasteiger partial charge on any atom is 0.0991 e. The number of benzene rings is 2. The summed E-state index contributed by atoms with van der Waals surface area (Å²) in [5.41, 5.74) is 8.24. The molecule has 2 aromatic heterocycles. The fourth-order valence-corrected chi connectivity index (χ4v) is 4.11. The van der Waals surface area contributed by atoms with Crippen molar-refractivity contribution in [1.82, 2.24) is 24.8 Å². The monoisotopic (exact) mass is 395 g/mol. The number of anilines is 1. The third kappa shape index (κ3) is 3.12. The number of nitrogens with one attached hydrogen (secondary N) is 1. The molecule has 7 nitrogen and oxygen atoms in total. The van der Waals surface area contributed by atoms with Crippen LogP contribution >= 0.6 is 0 Å². The van der Waals surface area contributed by atoms with Crippen LogP contribution < -0.4 is 5.32 Å². The number of rotatable bonds is 3. The molecule has 7 heteroatoms. The summed E-state index contributed by atoms with van der Waals surface area (Å²) in [7, 11) is 1.93. The normalized spacial score (nSPS) is 15.0. The van der Waals surface area contributed by atoms with Crippen LogP contribution in [0, 0.1) is 18.3 Å². The number of fused-ring (bicyclic) bond motifs is 3. The summed E-state index contributed by atoms with van der Waals surface area (Å²) in [5.74, 6) is 0. The van der Waals surface area contributed by atoms with E-state index in [1.54, 1.807) is 0 Å². The maximum atomic E-state index is 9.07. The Hall–Kier alpha value is -3.92. The highest BCUT2D eigenvalue weighted by Gasteiger charge is 2.25. The molecule has 1 N–H and O–H groups in total. The Labute approximate surface area is 174 Å². The first-order chi connectivity index (χ1) is 14.6. The van der Waals surface area contributed by atoms with Gasteiger partial charge >= 0.3 is 0 Å². The topological polar surface area (TPSA) is 84.3 Å². The van der Waals surface area contributed by atoms with Crippen molar-refractivity contribution in [3.05, 3.63) is 71.7 Å². The van der Waals surface area contributed by atoms with E-state index in [0.717, 1.165) is 46.7 Å². The van der Waals surface area contributed by atoms with Gasteiger partial charge in [0.2, 0.25) is 0 Å². The summed E-state index contributed by atoms with van der Waals surface area (Å²) >= 11 is 0. The second kappa shape index (κ2) is 7.16. The van der Waals surface area contributed by atoms with Crippen LogP contribution in [0.1, 0.15) is 29.3 Å². The summed E-state index contributed by atoms with van der Waals surface area (Å²) in [4.78, 5) is 0. The molecule has 1 atom stereocenters. The largest absolute Gasteiger partial charge is 0.378 e. The lowest BCUT2D eigenvalue weighted by atomic mass is 9.93. The Bertz CT molecular complexity index is 1260. The molecule has 0 saturated heterocycles. The molecule has 0 spiro atoms.